The molecule has 0 amide bonds. The molecule has 1 heterocycles. The van der Waals surface area contributed by atoms with Gasteiger partial charge in [0.15, 0.2) is 0 Å². The number of hydrogen-bond donors (Lipinski definition) is 1. The van der Waals surface area contributed by atoms with Crippen molar-refractivity contribution >= 4 is 5.97 Å². The molecular formula is C10H9F3N2O2. The van der Waals surface area contributed by atoms with E-state index in [9.17, 15) is 18.0 Å². The second kappa shape index (κ2) is 2.65. The Kier molecular flexibility index (Phi) is 1.66. The van der Waals surface area contributed by atoms with Gasteiger partial charge in [0, 0.05) is 11.6 Å². The van der Waals surface area contributed by atoms with E-state index < -0.39 is 23.1 Å². The summed E-state index contributed by atoms with van der Waals surface area (Å²) in [7, 11) is 0. The van der Waals surface area contributed by atoms with Gasteiger partial charge in [-0.3, -0.25) is 4.79 Å². The van der Waals surface area contributed by atoms with Crippen molar-refractivity contribution in [2.24, 2.45) is 5.41 Å². The van der Waals surface area contributed by atoms with Crippen LogP contribution in [-0.4, -0.2) is 20.9 Å². The predicted molar refractivity (Wildman–Crippen MR) is 49.1 cm³/mol. The molecule has 3 fully saturated rings. The predicted octanol–water partition coefficient (Wildman–Crippen LogP) is 1.87. The van der Waals surface area contributed by atoms with Crippen molar-refractivity contribution < 1.29 is 23.1 Å². The molecule has 3 aliphatic rings. The standard InChI is InChI=1S/C10H9F3N2O2/c11-10(12,13)15-2-1-6(14-15)8-3-9(4-8,5-8)7(16)17/h1-2H,3-5H2,(H,16,17). The van der Waals surface area contributed by atoms with Crippen molar-refractivity contribution in [1.82, 2.24) is 9.78 Å². The second-order valence-corrected chi connectivity index (χ2v) is 5.01. The highest BCUT2D eigenvalue weighted by Gasteiger charge is 2.73. The van der Waals surface area contributed by atoms with Crippen LogP contribution in [0.4, 0.5) is 13.2 Å². The monoisotopic (exact) mass is 246 g/mol. The molecule has 0 radical (unpaired) electrons. The molecule has 0 saturated heterocycles. The number of halogens is 3. The van der Waals surface area contributed by atoms with E-state index in [1.54, 1.807) is 0 Å². The molecule has 4 nitrogen and oxygen atoms in total. The minimum Gasteiger partial charge on any atom is -0.481 e. The summed E-state index contributed by atoms with van der Waals surface area (Å²) in [4.78, 5) is 10.9. The molecule has 17 heavy (non-hydrogen) atoms. The molecule has 1 aromatic rings. The minimum absolute atomic E-state index is 0.0316. The zero-order chi connectivity index (χ0) is 12.5. The van der Waals surface area contributed by atoms with Gasteiger partial charge in [-0.05, 0) is 25.3 Å². The van der Waals surface area contributed by atoms with E-state index in [4.69, 9.17) is 5.11 Å². The van der Waals surface area contributed by atoms with Gasteiger partial charge in [0.25, 0.3) is 0 Å². The first-order chi connectivity index (χ1) is 7.78. The first-order valence-electron chi connectivity index (χ1n) is 5.14. The van der Waals surface area contributed by atoms with Crippen LogP contribution >= 0.6 is 0 Å². The molecule has 7 heteroatoms. The fourth-order valence-electron chi connectivity index (χ4n) is 3.03. The van der Waals surface area contributed by atoms with Crippen LogP contribution in [0.1, 0.15) is 25.0 Å². The van der Waals surface area contributed by atoms with E-state index >= 15 is 0 Å². The lowest BCUT2D eigenvalue weighted by Crippen LogP contribution is -2.68. The van der Waals surface area contributed by atoms with Crippen LogP contribution < -0.4 is 0 Å². The van der Waals surface area contributed by atoms with Gasteiger partial charge in [-0.1, -0.05) is 0 Å². The smallest absolute Gasteiger partial charge is 0.481 e. The molecule has 4 rings (SSSR count). The van der Waals surface area contributed by atoms with Crippen molar-refractivity contribution in [3.8, 4) is 0 Å². The van der Waals surface area contributed by atoms with E-state index in [2.05, 4.69) is 5.10 Å². The van der Waals surface area contributed by atoms with Gasteiger partial charge < -0.3 is 5.11 Å². The first kappa shape index (κ1) is 10.6. The van der Waals surface area contributed by atoms with Gasteiger partial charge in [0.05, 0.1) is 11.1 Å². The fourth-order valence-corrected chi connectivity index (χ4v) is 3.03. The van der Waals surface area contributed by atoms with E-state index in [0.717, 1.165) is 6.20 Å². The summed E-state index contributed by atoms with van der Waals surface area (Å²) >= 11 is 0. The normalized spacial score (nSPS) is 35.0. The highest BCUT2D eigenvalue weighted by molar-refractivity contribution is 5.80. The molecule has 0 unspecified atom stereocenters. The Morgan fingerprint density at radius 2 is 2.00 bits per heavy atom. The summed E-state index contributed by atoms with van der Waals surface area (Å²) in [5, 5.41) is 12.4. The Morgan fingerprint density at radius 3 is 2.41 bits per heavy atom. The Bertz CT molecular complexity index is 486. The van der Waals surface area contributed by atoms with Crippen molar-refractivity contribution in [2.45, 2.75) is 31.0 Å². The van der Waals surface area contributed by atoms with E-state index in [1.807, 2.05) is 0 Å². The van der Waals surface area contributed by atoms with Crippen LogP contribution in [0.15, 0.2) is 12.3 Å². The summed E-state index contributed by atoms with van der Waals surface area (Å²) in [6.45, 7) is 0. The molecule has 0 aromatic carbocycles. The number of hydrogen-bond acceptors (Lipinski definition) is 2. The third-order valence-corrected chi connectivity index (χ3v) is 3.88. The lowest BCUT2D eigenvalue weighted by Gasteiger charge is -2.67. The maximum Gasteiger partial charge on any atom is 0.504 e. The van der Waals surface area contributed by atoms with Gasteiger partial charge in [-0.15, -0.1) is 13.2 Å². The van der Waals surface area contributed by atoms with Crippen LogP contribution in [0.25, 0.3) is 0 Å². The van der Waals surface area contributed by atoms with Crippen LogP contribution in [0.5, 0.6) is 0 Å². The van der Waals surface area contributed by atoms with Crippen molar-refractivity contribution in [3.05, 3.63) is 18.0 Å². The number of nitrogens with zero attached hydrogens (tertiary/aromatic N) is 2. The number of aliphatic carboxylic acids is 1. The van der Waals surface area contributed by atoms with Crippen molar-refractivity contribution in [2.75, 3.05) is 0 Å². The lowest BCUT2D eigenvalue weighted by atomic mass is 9.34. The van der Waals surface area contributed by atoms with Crippen LogP contribution in [-0.2, 0) is 16.5 Å². The molecule has 92 valence electrons. The molecule has 3 saturated carbocycles. The Labute approximate surface area is 94.0 Å². The second-order valence-electron chi connectivity index (χ2n) is 5.01. The zero-order valence-electron chi connectivity index (χ0n) is 8.66. The largest absolute Gasteiger partial charge is 0.504 e. The topological polar surface area (TPSA) is 55.1 Å². The van der Waals surface area contributed by atoms with Gasteiger partial charge >= 0.3 is 12.3 Å². The quantitative estimate of drug-likeness (QED) is 0.866. The van der Waals surface area contributed by atoms with E-state index in [1.165, 1.54) is 6.07 Å². The number of rotatable bonds is 2. The lowest BCUT2D eigenvalue weighted by molar-refractivity contribution is -0.214. The van der Waals surface area contributed by atoms with Crippen LogP contribution in [0.3, 0.4) is 0 Å². The molecule has 0 aliphatic heterocycles. The summed E-state index contributed by atoms with van der Waals surface area (Å²) < 4.78 is 37.0. The minimum atomic E-state index is -4.51. The number of carbonyl (C=O) groups is 1. The third-order valence-electron chi connectivity index (χ3n) is 3.88. The maximum atomic E-state index is 12.3. The van der Waals surface area contributed by atoms with E-state index in [-0.39, 0.29) is 4.68 Å². The number of carboxylic acids is 1. The SMILES string of the molecule is O=C(O)C12CC(c3ccn(C(F)(F)F)n3)(C1)C2. The van der Waals surface area contributed by atoms with Gasteiger partial charge in [0.2, 0.25) is 0 Å². The molecule has 0 atom stereocenters. The van der Waals surface area contributed by atoms with Gasteiger partial charge in [-0.2, -0.15) is 9.78 Å². The summed E-state index contributed by atoms with van der Waals surface area (Å²) in [6, 6.07) is 1.33. The summed E-state index contributed by atoms with van der Waals surface area (Å²) in [5.74, 6) is -0.852. The van der Waals surface area contributed by atoms with Gasteiger partial charge in [0.1, 0.15) is 0 Å². The average molecular weight is 246 g/mol. The van der Waals surface area contributed by atoms with Crippen molar-refractivity contribution in [1.29, 1.82) is 0 Å². The summed E-state index contributed by atoms with van der Waals surface area (Å²) in [5.41, 5.74) is -0.755. The number of carboxylic acid groups (broad SMARTS) is 1. The van der Waals surface area contributed by atoms with Crippen LogP contribution in [0.2, 0.25) is 0 Å². The molecule has 3 aliphatic carbocycles. The average Bonchev–Trinajstić information content (AvgIpc) is 2.45. The number of alkyl halides is 3. The van der Waals surface area contributed by atoms with E-state index in [0.29, 0.717) is 25.0 Å². The Balaban J connectivity index is 1.81. The third kappa shape index (κ3) is 1.19. The molecule has 1 aromatic heterocycles. The highest BCUT2D eigenvalue weighted by atomic mass is 19.4. The van der Waals surface area contributed by atoms with Gasteiger partial charge in [-0.25, -0.2) is 0 Å². The highest BCUT2D eigenvalue weighted by Crippen LogP contribution is 2.73. The molecular weight excluding hydrogens is 237 g/mol. The molecule has 0 spiro atoms. The molecule has 1 N–H and O–H groups in total. The fraction of sp³-hybridized carbons (Fsp3) is 0.600. The molecule has 2 bridgehead atoms. The number of aromatic nitrogens is 2. The van der Waals surface area contributed by atoms with Crippen molar-refractivity contribution in [3.63, 3.8) is 0 Å². The van der Waals surface area contributed by atoms with Crippen LogP contribution in [0, 0.1) is 5.41 Å². The summed E-state index contributed by atoms with van der Waals surface area (Å²) in [6.07, 6.45) is -2.41. The maximum absolute atomic E-state index is 12.3. The Hall–Kier alpha value is -1.53. The zero-order valence-corrected chi connectivity index (χ0v) is 8.66. The first-order valence-corrected chi connectivity index (χ1v) is 5.14. The Morgan fingerprint density at radius 1 is 1.41 bits per heavy atom.